The maximum absolute atomic E-state index is 8.78. The number of aromatic nitrogens is 1. The molecule has 0 spiro atoms. The third kappa shape index (κ3) is 1.89. The molecule has 1 fully saturated rings. The SMILES string of the molecule is OCc1cnc(C2CCCOC2)o1. The van der Waals surface area contributed by atoms with E-state index in [1.807, 2.05) is 0 Å². The molecule has 0 amide bonds. The number of hydrogen-bond acceptors (Lipinski definition) is 4. The molecule has 1 atom stereocenters. The Kier molecular flexibility index (Phi) is 2.61. The molecule has 0 bridgehead atoms. The first-order valence-corrected chi connectivity index (χ1v) is 4.53. The zero-order valence-corrected chi connectivity index (χ0v) is 7.40. The van der Waals surface area contributed by atoms with E-state index < -0.39 is 0 Å². The lowest BCUT2D eigenvalue weighted by atomic mass is 10.0. The maximum Gasteiger partial charge on any atom is 0.199 e. The van der Waals surface area contributed by atoms with Crippen molar-refractivity contribution in [3.05, 3.63) is 17.8 Å². The largest absolute Gasteiger partial charge is 0.443 e. The van der Waals surface area contributed by atoms with Crippen LogP contribution in [0.5, 0.6) is 0 Å². The van der Waals surface area contributed by atoms with Crippen LogP contribution in [0.1, 0.15) is 30.4 Å². The van der Waals surface area contributed by atoms with Crippen molar-refractivity contribution >= 4 is 0 Å². The number of oxazole rings is 1. The molecule has 1 unspecified atom stereocenters. The maximum atomic E-state index is 8.78. The number of ether oxygens (including phenoxy) is 1. The van der Waals surface area contributed by atoms with Crippen molar-refractivity contribution in [2.24, 2.45) is 0 Å². The summed E-state index contributed by atoms with van der Waals surface area (Å²) in [4.78, 5) is 4.10. The Morgan fingerprint density at radius 3 is 3.15 bits per heavy atom. The molecular weight excluding hydrogens is 170 g/mol. The van der Waals surface area contributed by atoms with Gasteiger partial charge in [0, 0.05) is 6.61 Å². The Morgan fingerprint density at radius 1 is 1.62 bits per heavy atom. The van der Waals surface area contributed by atoms with Crippen molar-refractivity contribution in [3.63, 3.8) is 0 Å². The van der Waals surface area contributed by atoms with E-state index in [9.17, 15) is 0 Å². The minimum Gasteiger partial charge on any atom is -0.443 e. The molecule has 72 valence electrons. The smallest absolute Gasteiger partial charge is 0.199 e. The highest BCUT2D eigenvalue weighted by molar-refractivity contribution is 4.98. The Balaban J connectivity index is 2.05. The lowest BCUT2D eigenvalue weighted by Gasteiger charge is -2.18. The van der Waals surface area contributed by atoms with Crippen molar-refractivity contribution in [1.82, 2.24) is 4.98 Å². The fourth-order valence-corrected chi connectivity index (χ4v) is 1.52. The van der Waals surface area contributed by atoms with Gasteiger partial charge in [0.2, 0.25) is 0 Å². The van der Waals surface area contributed by atoms with E-state index in [1.165, 1.54) is 0 Å². The molecule has 0 aliphatic carbocycles. The van der Waals surface area contributed by atoms with Crippen LogP contribution in [0.25, 0.3) is 0 Å². The number of hydrogen-bond donors (Lipinski definition) is 1. The summed E-state index contributed by atoms with van der Waals surface area (Å²) in [6, 6.07) is 0. The third-order valence-electron chi connectivity index (χ3n) is 2.24. The van der Waals surface area contributed by atoms with Gasteiger partial charge in [-0.2, -0.15) is 0 Å². The molecule has 2 heterocycles. The number of aliphatic hydroxyl groups is 1. The predicted molar refractivity (Wildman–Crippen MR) is 45.2 cm³/mol. The summed E-state index contributed by atoms with van der Waals surface area (Å²) < 4.78 is 10.6. The molecule has 1 aromatic rings. The summed E-state index contributed by atoms with van der Waals surface area (Å²) >= 11 is 0. The van der Waals surface area contributed by atoms with E-state index in [-0.39, 0.29) is 12.5 Å². The van der Waals surface area contributed by atoms with Crippen LogP contribution in [0.2, 0.25) is 0 Å². The average Bonchev–Trinajstić information content (AvgIpc) is 2.67. The minimum atomic E-state index is -0.0828. The molecule has 4 nitrogen and oxygen atoms in total. The third-order valence-corrected chi connectivity index (χ3v) is 2.24. The molecule has 0 radical (unpaired) electrons. The van der Waals surface area contributed by atoms with Gasteiger partial charge in [-0.1, -0.05) is 0 Å². The van der Waals surface area contributed by atoms with Gasteiger partial charge in [-0.05, 0) is 12.8 Å². The lowest BCUT2D eigenvalue weighted by molar-refractivity contribution is 0.0715. The van der Waals surface area contributed by atoms with Crippen molar-refractivity contribution in [3.8, 4) is 0 Å². The monoisotopic (exact) mass is 183 g/mol. The summed E-state index contributed by atoms with van der Waals surface area (Å²) in [5, 5.41) is 8.78. The summed E-state index contributed by atoms with van der Waals surface area (Å²) in [7, 11) is 0. The van der Waals surface area contributed by atoms with Crippen LogP contribution in [-0.2, 0) is 11.3 Å². The number of aliphatic hydroxyl groups excluding tert-OH is 1. The first kappa shape index (κ1) is 8.72. The van der Waals surface area contributed by atoms with Gasteiger partial charge >= 0.3 is 0 Å². The first-order valence-electron chi connectivity index (χ1n) is 4.53. The summed E-state index contributed by atoms with van der Waals surface area (Å²) in [6.07, 6.45) is 3.69. The molecule has 1 saturated heterocycles. The van der Waals surface area contributed by atoms with Crippen molar-refractivity contribution < 1.29 is 14.3 Å². The minimum absolute atomic E-state index is 0.0828. The Hall–Kier alpha value is -0.870. The highest BCUT2D eigenvalue weighted by Crippen LogP contribution is 2.24. The van der Waals surface area contributed by atoms with Crippen LogP contribution < -0.4 is 0 Å². The molecule has 2 rings (SSSR count). The summed E-state index contributed by atoms with van der Waals surface area (Å²) in [5.41, 5.74) is 0. The Labute approximate surface area is 76.5 Å². The fourth-order valence-electron chi connectivity index (χ4n) is 1.52. The molecule has 4 heteroatoms. The number of rotatable bonds is 2. The quantitative estimate of drug-likeness (QED) is 0.744. The van der Waals surface area contributed by atoms with E-state index in [0.29, 0.717) is 18.3 Å². The molecule has 1 N–H and O–H groups in total. The zero-order valence-electron chi connectivity index (χ0n) is 7.40. The summed E-state index contributed by atoms with van der Waals surface area (Å²) in [6.45, 7) is 1.44. The van der Waals surface area contributed by atoms with Gasteiger partial charge in [0.05, 0.1) is 18.7 Å². The standard InChI is InChI=1S/C9H13NO3/c11-5-8-4-10-9(13-8)7-2-1-3-12-6-7/h4,7,11H,1-3,5-6H2. The fraction of sp³-hybridized carbons (Fsp3) is 0.667. The lowest BCUT2D eigenvalue weighted by Crippen LogP contribution is -2.15. The Morgan fingerprint density at radius 2 is 2.54 bits per heavy atom. The van der Waals surface area contributed by atoms with Gasteiger partial charge in [0.25, 0.3) is 0 Å². The van der Waals surface area contributed by atoms with E-state index >= 15 is 0 Å². The van der Waals surface area contributed by atoms with E-state index in [1.54, 1.807) is 6.20 Å². The second-order valence-corrected chi connectivity index (χ2v) is 3.24. The van der Waals surface area contributed by atoms with Crippen LogP contribution in [0.3, 0.4) is 0 Å². The number of nitrogens with zero attached hydrogens (tertiary/aromatic N) is 1. The van der Waals surface area contributed by atoms with Gasteiger partial charge < -0.3 is 14.3 Å². The molecule has 1 aliphatic rings. The van der Waals surface area contributed by atoms with E-state index in [0.717, 1.165) is 19.4 Å². The van der Waals surface area contributed by atoms with Crippen LogP contribution >= 0.6 is 0 Å². The van der Waals surface area contributed by atoms with E-state index in [4.69, 9.17) is 14.3 Å². The second kappa shape index (κ2) is 3.89. The summed E-state index contributed by atoms with van der Waals surface area (Å²) in [5.74, 6) is 1.50. The van der Waals surface area contributed by atoms with Gasteiger partial charge in [-0.3, -0.25) is 0 Å². The van der Waals surface area contributed by atoms with Crippen molar-refractivity contribution in [1.29, 1.82) is 0 Å². The van der Waals surface area contributed by atoms with Crippen LogP contribution in [0, 0.1) is 0 Å². The van der Waals surface area contributed by atoms with Gasteiger partial charge in [-0.25, -0.2) is 4.98 Å². The molecule has 1 aliphatic heterocycles. The van der Waals surface area contributed by atoms with E-state index in [2.05, 4.69) is 4.98 Å². The molecule has 0 aromatic carbocycles. The first-order chi connectivity index (χ1) is 6.40. The highest BCUT2D eigenvalue weighted by Gasteiger charge is 2.20. The molecule has 1 aromatic heterocycles. The normalized spacial score (nSPS) is 23.3. The van der Waals surface area contributed by atoms with Crippen LogP contribution in [-0.4, -0.2) is 23.3 Å². The molecular formula is C9H13NO3. The van der Waals surface area contributed by atoms with Crippen molar-refractivity contribution in [2.45, 2.75) is 25.4 Å². The highest BCUT2D eigenvalue weighted by atomic mass is 16.5. The van der Waals surface area contributed by atoms with Crippen molar-refractivity contribution in [2.75, 3.05) is 13.2 Å². The second-order valence-electron chi connectivity index (χ2n) is 3.24. The Bertz CT molecular complexity index is 266. The van der Waals surface area contributed by atoms with Gasteiger partial charge in [0.15, 0.2) is 5.89 Å². The predicted octanol–water partition coefficient (Wildman–Crippen LogP) is 1.06. The zero-order chi connectivity index (χ0) is 9.10. The topological polar surface area (TPSA) is 55.5 Å². The van der Waals surface area contributed by atoms with Gasteiger partial charge in [-0.15, -0.1) is 0 Å². The van der Waals surface area contributed by atoms with Gasteiger partial charge in [0.1, 0.15) is 12.4 Å². The molecule has 13 heavy (non-hydrogen) atoms. The molecule has 0 saturated carbocycles. The van der Waals surface area contributed by atoms with Crippen LogP contribution in [0.15, 0.2) is 10.6 Å². The van der Waals surface area contributed by atoms with Crippen LogP contribution in [0.4, 0.5) is 0 Å². The average molecular weight is 183 g/mol.